The fourth-order valence-electron chi connectivity index (χ4n) is 4.01. The molecule has 1 aliphatic rings. The molecule has 4 aromatic heterocycles. The van der Waals surface area contributed by atoms with Crippen LogP contribution >= 0.6 is 22.7 Å². The Kier molecular flexibility index (Phi) is 6.09. The smallest absolute Gasteiger partial charge is 0.278 e. The first-order chi connectivity index (χ1) is 16.9. The number of sulfonamides is 1. The number of hydrogen-bond acceptors (Lipinski definition) is 8. The molecule has 36 heavy (non-hydrogen) atoms. The highest BCUT2D eigenvalue weighted by atomic mass is 32.2. The molecule has 0 aromatic carbocycles. The summed E-state index contributed by atoms with van der Waals surface area (Å²) in [6, 6.07) is 3.33. The first kappa shape index (κ1) is 25.1. The lowest BCUT2D eigenvalue weighted by Crippen LogP contribution is -2.40. The summed E-state index contributed by atoms with van der Waals surface area (Å²) in [7, 11) is -2.03. The molecule has 1 aliphatic carbocycles. The van der Waals surface area contributed by atoms with Crippen molar-refractivity contribution in [3.63, 3.8) is 0 Å². The van der Waals surface area contributed by atoms with Gasteiger partial charge < -0.3 is 0 Å². The number of nitrogens with one attached hydrogen (secondary N) is 1. The summed E-state index contributed by atoms with van der Waals surface area (Å²) in [6.45, 7) is 8.01. The summed E-state index contributed by atoms with van der Waals surface area (Å²) in [5.74, 6) is 0.207. The first-order valence-corrected chi connectivity index (χ1v) is 14.7. The van der Waals surface area contributed by atoms with Crippen LogP contribution < -0.4 is 16.0 Å². The van der Waals surface area contributed by atoms with Crippen molar-refractivity contribution in [3.05, 3.63) is 60.4 Å². The second kappa shape index (κ2) is 8.75. The molecule has 10 nitrogen and oxygen atoms in total. The molecule has 0 radical (unpaired) electrons. The largest absolute Gasteiger partial charge is 0.332 e. The van der Waals surface area contributed by atoms with Crippen LogP contribution in [-0.2, 0) is 30.2 Å². The van der Waals surface area contributed by atoms with Crippen molar-refractivity contribution in [1.82, 2.24) is 28.6 Å². The zero-order chi connectivity index (χ0) is 26.0. The quantitative estimate of drug-likeness (QED) is 0.362. The van der Waals surface area contributed by atoms with Crippen molar-refractivity contribution < 1.29 is 8.42 Å². The lowest BCUT2D eigenvalue weighted by molar-refractivity contribution is 0.560. The maximum absolute atomic E-state index is 13.7. The summed E-state index contributed by atoms with van der Waals surface area (Å²) < 4.78 is 33.4. The van der Waals surface area contributed by atoms with E-state index in [1.54, 1.807) is 10.9 Å². The van der Waals surface area contributed by atoms with E-state index in [2.05, 4.69) is 14.8 Å². The van der Waals surface area contributed by atoms with Gasteiger partial charge in [-0.25, -0.2) is 22.9 Å². The van der Waals surface area contributed by atoms with Crippen LogP contribution in [0, 0.1) is 6.92 Å². The predicted octanol–water partition coefficient (Wildman–Crippen LogP) is 2.77. The molecule has 1 saturated carbocycles. The minimum absolute atomic E-state index is 0.0233. The minimum Gasteiger partial charge on any atom is -0.278 e. The molecule has 0 atom stereocenters. The Morgan fingerprint density at radius 2 is 1.86 bits per heavy atom. The van der Waals surface area contributed by atoms with E-state index >= 15 is 0 Å². The number of thiophene rings is 1. The van der Waals surface area contributed by atoms with E-state index in [0.717, 1.165) is 50.0 Å². The van der Waals surface area contributed by atoms with Gasteiger partial charge in [-0.15, -0.1) is 22.7 Å². The van der Waals surface area contributed by atoms with Gasteiger partial charge >= 0.3 is 5.69 Å². The number of thiazole rings is 1. The van der Waals surface area contributed by atoms with Crippen molar-refractivity contribution in [2.45, 2.75) is 69.3 Å². The Morgan fingerprint density at radius 3 is 2.44 bits per heavy atom. The van der Waals surface area contributed by atoms with Gasteiger partial charge in [0.2, 0.25) is 0 Å². The van der Waals surface area contributed by atoms with Gasteiger partial charge in [-0.3, -0.25) is 18.6 Å². The van der Waals surface area contributed by atoms with Crippen LogP contribution in [0.2, 0.25) is 0 Å². The lowest BCUT2D eigenvalue weighted by Gasteiger charge is -2.11. The van der Waals surface area contributed by atoms with Gasteiger partial charge in [0, 0.05) is 23.7 Å². The normalized spacial score (nSPS) is 15.3. The lowest BCUT2D eigenvalue weighted by atomic mass is 10.1. The molecule has 192 valence electrons. The standard InChI is InChI=1S/C23H28N6O4S3/c1-13(2)18-8-15(27(5)25-18)11-29-21-17(9-19(35-21)36(32,33)26-23(4)6-7-23)20(30)28(22(29)31)12-16-10-24-14(3)34-16/h8-10,13,26H,6-7,11-12H2,1-5H3. The Labute approximate surface area is 216 Å². The van der Waals surface area contributed by atoms with Crippen LogP contribution in [-0.4, -0.2) is 37.9 Å². The first-order valence-electron chi connectivity index (χ1n) is 11.6. The van der Waals surface area contributed by atoms with Crippen molar-refractivity contribution in [3.8, 4) is 0 Å². The third-order valence-electron chi connectivity index (χ3n) is 6.41. The summed E-state index contributed by atoms with van der Waals surface area (Å²) in [5, 5.41) is 5.58. The molecular formula is C23H28N6O4S3. The van der Waals surface area contributed by atoms with Gasteiger partial charge in [0.05, 0.1) is 34.9 Å². The van der Waals surface area contributed by atoms with E-state index in [-0.39, 0.29) is 28.6 Å². The van der Waals surface area contributed by atoms with E-state index in [0.29, 0.717) is 4.83 Å². The van der Waals surface area contributed by atoms with Gasteiger partial charge in [0.15, 0.2) is 0 Å². The fourth-order valence-corrected chi connectivity index (χ4v) is 7.70. The Bertz CT molecular complexity index is 1700. The van der Waals surface area contributed by atoms with Crippen LogP contribution in [0.15, 0.2) is 32.1 Å². The van der Waals surface area contributed by atoms with Crippen LogP contribution in [0.4, 0.5) is 0 Å². The van der Waals surface area contributed by atoms with E-state index < -0.39 is 26.8 Å². The summed E-state index contributed by atoms with van der Waals surface area (Å²) in [6.07, 6.45) is 3.18. The van der Waals surface area contributed by atoms with Gasteiger partial charge in [0.25, 0.3) is 15.6 Å². The van der Waals surface area contributed by atoms with E-state index in [1.807, 2.05) is 40.8 Å². The molecule has 13 heteroatoms. The monoisotopic (exact) mass is 548 g/mol. The van der Waals surface area contributed by atoms with Crippen molar-refractivity contribution in [2.75, 3.05) is 0 Å². The number of nitrogens with zero attached hydrogens (tertiary/aromatic N) is 5. The highest BCUT2D eigenvalue weighted by Gasteiger charge is 2.41. The number of aryl methyl sites for hydroxylation is 2. The molecule has 1 N–H and O–H groups in total. The summed E-state index contributed by atoms with van der Waals surface area (Å²) in [4.78, 5) is 32.5. The fraction of sp³-hybridized carbons (Fsp3) is 0.478. The maximum Gasteiger partial charge on any atom is 0.332 e. The van der Waals surface area contributed by atoms with Crippen LogP contribution in [0.25, 0.3) is 10.2 Å². The molecule has 4 heterocycles. The maximum atomic E-state index is 13.7. The van der Waals surface area contributed by atoms with E-state index in [1.165, 1.54) is 22.0 Å². The topological polar surface area (TPSA) is 121 Å². The molecule has 4 aromatic rings. The Balaban J connectivity index is 1.69. The molecule has 1 fully saturated rings. The number of aromatic nitrogens is 5. The highest BCUT2D eigenvalue weighted by molar-refractivity contribution is 7.91. The summed E-state index contributed by atoms with van der Waals surface area (Å²) >= 11 is 2.36. The second-order valence-corrected chi connectivity index (χ2v) is 14.2. The third kappa shape index (κ3) is 4.60. The Morgan fingerprint density at radius 1 is 1.14 bits per heavy atom. The van der Waals surface area contributed by atoms with Gasteiger partial charge in [-0.1, -0.05) is 13.8 Å². The average molecular weight is 549 g/mol. The molecule has 0 amide bonds. The number of hydrogen-bond donors (Lipinski definition) is 1. The molecule has 0 spiro atoms. The van der Waals surface area contributed by atoms with Crippen LogP contribution in [0.3, 0.4) is 0 Å². The van der Waals surface area contributed by atoms with Gasteiger partial charge in [-0.05, 0) is 44.7 Å². The zero-order valence-electron chi connectivity index (χ0n) is 20.7. The van der Waals surface area contributed by atoms with Crippen molar-refractivity contribution >= 4 is 42.9 Å². The molecule has 0 bridgehead atoms. The van der Waals surface area contributed by atoms with Crippen molar-refractivity contribution in [1.29, 1.82) is 0 Å². The third-order valence-corrected chi connectivity index (χ3v) is 10.6. The van der Waals surface area contributed by atoms with Crippen molar-refractivity contribution in [2.24, 2.45) is 7.05 Å². The highest BCUT2D eigenvalue weighted by Crippen LogP contribution is 2.37. The van der Waals surface area contributed by atoms with E-state index in [4.69, 9.17) is 0 Å². The van der Waals surface area contributed by atoms with Crippen LogP contribution in [0.1, 0.15) is 60.8 Å². The molecular weight excluding hydrogens is 520 g/mol. The predicted molar refractivity (Wildman–Crippen MR) is 141 cm³/mol. The molecule has 0 unspecified atom stereocenters. The summed E-state index contributed by atoms with van der Waals surface area (Å²) in [5.41, 5.74) is 0.198. The Hall–Kier alpha value is -2.61. The SMILES string of the molecule is Cc1ncc(Cn2c(=O)c3cc(S(=O)(=O)NC4(C)CC4)sc3n(Cc3cc(C(C)C)nn3C)c2=O)s1. The van der Waals surface area contributed by atoms with Gasteiger partial charge in [0.1, 0.15) is 9.04 Å². The zero-order valence-corrected chi connectivity index (χ0v) is 23.2. The van der Waals surface area contributed by atoms with Gasteiger partial charge in [-0.2, -0.15) is 5.10 Å². The molecule has 5 rings (SSSR count). The number of rotatable bonds is 8. The van der Waals surface area contributed by atoms with E-state index in [9.17, 15) is 18.0 Å². The average Bonchev–Trinajstić information content (AvgIpc) is 3.16. The molecule has 0 saturated heterocycles. The second-order valence-electron chi connectivity index (χ2n) is 9.89. The van der Waals surface area contributed by atoms with Crippen LogP contribution in [0.5, 0.6) is 0 Å². The minimum atomic E-state index is -3.84. The molecule has 0 aliphatic heterocycles. The number of fused-ring (bicyclic) bond motifs is 1.